The zero-order valence-corrected chi connectivity index (χ0v) is 13.1. The van der Waals surface area contributed by atoms with Gasteiger partial charge >= 0.3 is 6.03 Å². The molecule has 4 rings (SSSR count). The second kappa shape index (κ2) is 4.78. The number of amides is 2. The summed E-state index contributed by atoms with van der Waals surface area (Å²) >= 11 is 1.62. The van der Waals surface area contributed by atoms with E-state index in [0.29, 0.717) is 6.54 Å². The number of urea groups is 1. The number of aryl methyl sites for hydroxylation is 1. The van der Waals surface area contributed by atoms with Gasteiger partial charge in [0.25, 0.3) is 0 Å². The summed E-state index contributed by atoms with van der Waals surface area (Å²) in [7, 11) is 1.78. The maximum Gasteiger partial charge on any atom is 0.321 e. The number of carbonyl (C=O) groups excluding carboxylic acids is 1. The fourth-order valence-corrected chi connectivity index (χ4v) is 3.58. The predicted octanol–water partition coefficient (Wildman–Crippen LogP) is 3.64. The molecule has 0 aromatic carbocycles. The molecule has 0 spiro atoms. The highest BCUT2D eigenvalue weighted by molar-refractivity contribution is 7.21. The monoisotopic (exact) mass is 310 g/mol. The number of hydrogen-bond donors (Lipinski definition) is 1. The van der Waals surface area contributed by atoms with Gasteiger partial charge in [-0.2, -0.15) is 0 Å². The Bertz CT molecular complexity index is 885. The standard InChI is InChI=1S/C16H14N4OS/c1-9-3-4-10(6-17-9)13-5-12-14-11(7-18-15(12)22-13)8-20(2)16(21)19-14/h3-7H,8H2,1-2H3,(H,19,21). The van der Waals surface area contributed by atoms with Crippen LogP contribution in [0.3, 0.4) is 0 Å². The molecule has 4 heterocycles. The van der Waals surface area contributed by atoms with Gasteiger partial charge in [0, 0.05) is 46.5 Å². The summed E-state index contributed by atoms with van der Waals surface area (Å²) in [5.41, 5.74) is 3.99. The van der Waals surface area contributed by atoms with Gasteiger partial charge in [-0.3, -0.25) is 4.98 Å². The van der Waals surface area contributed by atoms with E-state index in [1.807, 2.05) is 25.4 Å². The van der Waals surface area contributed by atoms with Crippen LogP contribution in [-0.2, 0) is 6.54 Å². The lowest BCUT2D eigenvalue weighted by Crippen LogP contribution is -2.35. The number of carbonyl (C=O) groups is 1. The molecule has 0 bridgehead atoms. The van der Waals surface area contributed by atoms with Crippen LogP contribution in [0.4, 0.5) is 10.5 Å². The first-order valence-corrected chi connectivity index (χ1v) is 7.80. The first-order valence-electron chi connectivity index (χ1n) is 6.98. The molecule has 1 aliphatic rings. The van der Waals surface area contributed by atoms with Crippen molar-refractivity contribution in [2.24, 2.45) is 0 Å². The minimum absolute atomic E-state index is 0.0789. The summed E-state index contributed by atoms with van der Waals surface area (Å²) in [6.07, 6.45) is 3.72. The number of pyridine rings is 2. The van der Waals surface area contributed by atoms with Gasteiger partial charge in [0.05, 0.1) is 12.2 Å². The first kappa shape index (κ1) is 13.2. The Morgan fingerprint density at radius 3 is 2.91 bits per heavy atom. The summed E-state index contributed by atoms with van der Waals surface area (Å²) in [5, 5.41) is 3.96. The van der Waals surface area contributed by atoms with Crippen LogP contribution in [0.15, 0.2) is 30.6 Å². The van der Waals surface area contributed by atoms with Crippen molar-refractivity contribution in [3.8, 4) is 10.4 Å². The Morgan fingerprint density at radius 1 is 1.27 bits per heavy atom. The van der Waals surface area contributed by atoms with Crippen molar-refractivity contribution in [1.29, 1.82) is 0 Å². The van der Waals surface area contributed by atoms with Crippen molar-refractivity contribution in [1.82, 2.24) is 14.9 Å². The largest absolute Gasteiger partial charge is 0.323 e. The molecule has 0 saturated carbocycles. The van der Waals surface area contributed by atoms with Crippen molar-refractivity contribution >= 4 is 33.3 Å². The first-order chi connectivity index (χ1) is 10.6. The van der Waals surface area contributed by atoms with Crippen LogP contribution in [0, 0.1) is 6.92 Å². The van der Waals surface area contributed by atoms with E-state index in [4.69, 9.17) is 0 Å². The smallest absolute Gasteiger partial charge is 0.321 e. The number of nitrogens with one attached hydrogen (secondary N) is 1. The second-order valence-corrected chi connectivity index (χ2v) is 6.49. The van der Waals surface area contributed by atoms with E-state index in [-0.39, 0.29) is 6.03 Å². The van der Waals surface area contributed by atoms with Crippen LogP contribution in [-0.4, -0.2) is 27.9 Å². The Morgan fingerprint density at radius 2 is 2.14 bits per heavy atom. The van der Waals surface area contributed by atoms with Crippen molar-refractivity contribution in [2.45, 2.75) is 13.5 Å². The van der Waals surface area contributed by atoms with Crippen molar-refractivity contribution < 1.29 is 4.79 Å². The summed E-state index contributed by atoms with van der Waals surface area (Å²) in [6.45, 7) is 2.56. The highest BCUT2D eigenvalue weighted by Gasteiger charge is 2.22. The third kappa shape index (κ3) is 2.03. The fraction of sp³-hybridized carbons (Fsp3) is 0.188. The van der Waals surface area contributed by atoms with E-state index >= 15 is 0 Å². The molecule has 0 atom stereocenters. The van der Waals surface area contributed by atoms with Gasteiger partial charge < -0.3 is 10.2 Å². The Balaban J connectivity index is 1.86. The van der Waals surface area contributed by atoms with Crippen LogP contribution in [0.2, 0.25) is 0 Å². The third-order valence-electron chi connectivity index (χ3n) is 3.82. The Kier molecular flexibility index (Phi) is 2.87. The lowest BCUT2D eigenvalue weighted by molar-refractivity contribution is 0.218. The number of aromatic nitrogens is 2. The van der Waals surface area contributed by atoms with Crippen LogP contribution >= 0.6 is 11.3 Å². The van der Waals surface area contributed by atoms with Gasteiger partial charge in [0.15, 0.2) is 0 Å². The molecule has 2 amide bonds. The van der Waals surface area contributed by atoms with Gasteiger partial charge in [0.2, 0.25) is 0 Å². The molecule has 1 N–H and O–H groups in total. The summed E-state index contributed by atoms with van der Waals surface area (Å²) < 4.78 is 0. The van der Waals surface area contributed by atoms with E-state index in [1.54, 1.807) is 23.3 Å². The lowest BCUT2D eigenvalue weighted by atomic mass is 10.1. The number of hydrogen-bond acceptors (Lipinski definition) is 4. The molecule has 3 aromatic heterocycles. The van der Waals surface area contributed by atoms with E-state index in [2.05, 4.69) is 27.4 Å². The summed E-state index contributed by atoms with van der Waals surface area (Å²) in [4.78, 5) is 24.5. The van der Waals surface area contributed by atoms with E-state index in [1.165, 1.54) is 0 Å². The number of nitrogens with zero attached hydrogens (tertiary/aromatic N) is 3. The molecule has 5 nitrogen and oxygen atoms in total. The lowest BCUT2D eigenvalue weighted by Gasteiger charge is -2.25. The van der Waals surface area contributed by atoms with Gasteiger partial charge in [-0.1, -0.05) is 6.07 Å². The molecule has 0 radical (unpaired) electrons. The van der Waals surface area contributed by atoms with Crippen LogP contribution < -0.4 is 5.32 Å². The Hall–Kier alpha value is -2.47. The zero-order chi connectivity index (χ0) is 15.3. The van der Waals surface area contributed by atoms with Crippen LogP contribution in [0.25, 0.3) is 20.7 Å². The summed E-state index contributed by atoms with van der Waals surface area (Å²) in [5.74, 6) is 0. The number of anilines is 1. The molecule has 3 aromatic rings. The quantitative estimate of drug-likeness (QED) is 0.746. The van der Waals surface area contributed by atoms with Crippen molar-refractivity contribution in [3.63, 3.8) is 0 Å². The minimum Gasteiger partial charge on any atom is -0.323 e. The van der Waals surface area contributed by atoms with Crippen LogP contribution in [0.5, 0.6) is 0 Å². The summed E-state index contributed by atoms with van der Waals surface area (Å²) in [6, 6.07) is 6.07. The highest BCUT2D eigenvalue weighted by Crippen LogP contribution is 2.38. The Labute approximate surface area is 131 Å². The van der Waals surface area contributed by atoms with E-state index in [9.17, 15) is 4.79 Å². The third-order valence-corrected chi connectivity index (χ3v) is 4.91. The van der Waals surface area contributed by atoms with E-state index < -0.39 is 0 Å². The van der Waals surface area contributed by atoms with Gasteiger partial charge in [0.1, 0.15) is 4.83 Å². The average Bonchev–Trinajstić information content (AvgIpc) is 2.94. The van der Waals surface area contributed by atoms with Gasteiger partial charge in [-0.05, 0) is 19.1 Å². The fourth-order valence-electron chi connectivity index (χ4n) is 2.58. The SMILES string of the molecule is Cc1ccc(-c2cc3c4c(cnc3s2)CN(C)C(=O)N4)cn1. The molecule has 1 aliphatic heterocycles. The van der Waals surface area contributed by atoms with Crippen molar-refractivity contribution in [3.05, 3.63) is 41.9 Å². The average molecular weight is 310 g/mol. The second-order valence-electron chi connectivity index (χ2n) is 5.46. The number of fused-ring (bicyclic) bond motifs is 3. The van der Waals surface area contributed by atoms with Crippen LogP contribution in [0.1, 0.15) is 11.3 Å². The molecular weight excluding hydrogens is 296 g/mol. The molecule has 0 saturated heterocycles. The zero-order valence-electron chi connectivity index (χ0n) is 12.3. The van der Waals surface area contributed by atoms with Crippen molar-refractivity contribution in [2.75, 3.05) is 12.4 Å². The maximum absolute atomic E-state index is 11.9. The minimum atomic E-state index is -0.0789. The number of rotatable bonds is 1. The molecule has 0 unspecified atom stereocenters. The molecule has 0 fully saturated rings. The van der Waals surface area contributed by atoms with Gasteiger partial charge in [-0.15, -0.1) is 11.3 Å². The topological polar surface area (TPSA) is 58.1 Å². The molecule has 6 heteroatoms. The van der Waals surface area contributed by atoms with Gasteiger partial charge in [-0.25, -0.2) is 9.78 Å². The maximum atomic E-state index is 11.9. The molecule has 110 valence electrons. The molecule has 0 aliphatic carbocycles. The normalized spacial score (nSPS) is 14.1. The number of thiophene rings is 1. The molecular formula is C16H14N4OS. The molecule has 22 heavy (non-hydrogen) atoms. The van der Waals surface area contributed by atoms with E-state index in [0.717, 1.165) is 37.6 Å². The highest BCUT2D eigenvalue weighted by atomic mass is 32.1. The predicted molar refractivity (Wildman–Crippen MR) is 88.1 cm³/mol.